The minimum absolute atomic E-state index is 0.0314. The van der Waals surface area contributed by atoms with E-state index in [4.69, 9.17) is 4.74 Å². The second-order valence-corrected chi connectivity index (χ2v) is 4.52. The zero-order valence-corrected chi connectivity index (χ0v) is 9.14. The molecule has 3 heteroatoms. The molecule has 0 aromatic carbocycles. The van der Waals surface area contributed by atoms with Gasteiger partial charge in [0, 0.05) is 13.1 Å². The topological polar surface area (TPSA) is 33.3 Å². The summed E-state index contributed by atoms with van der Waals surface area (Å²) in [6.45, 7) is 5.47. The van der Waals surface area contributed by atoms with Gasteiger partial charge in [0.2, 0.25) is 0 Å². The summed E-state index contributed by atoms with van der Waals surface area (Å²) in [5, 5.41) is 6.96. The summed E-state index contributed by atoms with van der Waals surface area (Å²) in [5.74, 6) is 0. The lowest BCUT2D eigenvalue weighted by Crippen LogP contribution is -2.62. The van der Waals surface area contributed by atoms with Crippen molar-refractivity contribution in [3.63, 3.8) is 0 Å². The van der Waals surface area contributed by atoms with Crippen LogP contribution in [0.15, 0.2) is 0 Å². The maximum atomic E-state index is 6.18. The zero-order valence-electron chi connectivity index (χ0n) is 9.14. The highest BCUT2D eigenvalue weighted by molar-refractivity contribution is 4.89. The summed E-state index contributed by atoms with van der Waals surface area (Å²) < 4.78 is 6.18. The molecule has 2 rings (SSSR count). The monoisotopic (exact) mass is 198 g/mol. The maximum absolute atomic E-state index is 6.18. The Morgan fingerprint density at radius 2 is 2.36 bits per heavy atom. The Morgan fingerprint density at radius 1 is 1.43 bits per heavy atom. The number of nitrogens with one attached hydrogen (secondary N) is 2. The van der Waals surface area contributed by atoms with Crippen molar-refractivity contribution < 1.29 is 4.74 Å². The van der Waals surface area contributed by atoms with Crippen LogP contribution in [0.25, 0.3) is 0 Å². The molecule has 2 aliphatic rings. The Balaban J connectivity index is 1.91. The summed E-state index contributed by atoms with van der Waals surface area (Å²) in [6.07, 6.45) is 6.50. The van der Waals surface area contributed by atoms with E-state index < -0.39 is 0 Å². The molecule has 14 heavy (non-hydrogen) atoms. The van der Waals surface area contributed by atoms with Crippen molar-refractivity contribution in [1.82, 2.24) is 10.6 Å². The Morgan fingerprint density at radius 3 is 3.07 bits per heavy atom. The first kappa shape index (κ1) is 10.4. The molecule has 2 atom stereocenters. The van der Waals surface area contributed by atoms with Crippen LogP contribution in [0, 0.1) is 0 Å². The lowest BCUT2D eigenvalue weighted by Gasteiger charge is -2.44. The molecule has 0 bridgehead atoms. The fourth-order valence-electron chi connectivity index (χ4n) is 2.53. The molecule has 0 aliphatic carbocycles. The normalized spacial score (nSPS) is 38.8. The molecular weight excluding hydrogens is 176 g/mol. The number of rotatable bonds is 2. The minimum Gasteiger partial charge on any atom is -0.356 e. The van der Waals surface area contributed by atoms with Crippen LogP contribution in [-0.4, -0.2) is 31.5 Å². The van der Waals surface area contributed by atoms with Gasteiger partial charge >= 0.3 is 0 Å². The highest BCUT2D eigenvalue weighted by atomic mass is 16.5. The largest absolute Gasteiger partial charge is 0.356 e. The molecule has 0 aromatic rings. The predicted octanol–water partition coefficient (Wildman–Crippen LogP) is 1.24. The van der Waals surface area contributed by atoms with Crippen LogP contribution >= 0.6 is 0 Å². The van der Waals surface area contributed by atoms with Crippen molar-refractivity contribution >= 4 is 0 Å². The van der Waals surface area contributed by atoms with Crippen LogP contribution in [0.1, 0.15) is 39.0 Å². The van der Waals surface area contributed by atoms with Gasteiger partial charge in [-0.05, 0) is 32.2 Å². The van der Waals surface area contributed by atoms with Gasteiger partial charge in [-0.2, -0.15) is 0 Å². The summed E-state index contributed by atoms with van der Waals surface area (Å²) in [5.41, 5.74) is -0.0314. The highest BCUT2D eigenvalue weighted by Gasteiger charge is 2.37. The average Bonchev–Trinajstić information content (AvgIpc) is 2.19. The van der Waals surface area contributed by atoms with Gasteiger partial charge in [0.25, 0.3) is 0 Å². The maximum Gasteiger partial charge on any atom is 0.132 e. The van der Waals surface area contributed by atoms with Gasteiger partial charge < -0.3 is 10.1 Å². The standard InChI is InChI=1S/C11H22N2O/c1-2-4-10-5-8-13-11(14-10)6-3-7-12-9-11/h10,12-13H,2-9H2,1H3. The molecule has 2 aliphatic heterocycles. The Hall–Kier alpha value is -0.120. The zero-order chi connectivity index (χ0) is 9.86. The number of ether oxygens (including phenoxy) is 1. The molecule has 82 valence electrons. The van der Waals surface area contributed by atoms with E-state index in [1.165, 1.54) is 32.1 Å². The van der Waals surface area contributed by atoms with Gasteiger partial charge in [-0.25, -0.2) is 0 Å². The van der Waals surface area contributed by atoms with E-state index in [2.05, 4.69) is 17.6 Å². The summed E-state index contributed by atoms with van der Waals surface area (Å²) in [4.78, 5) is 0. The molecule has 2 unspecified atom stereocenters. The SMILES string of the molecule is CCCC1CCNC2(CCCNC2)O1. The predicted molar refractivity (Wildman–Crippen MR) is 57.2 cm³/mol. The van der Waals surface area contributed by atoms with Gasteiger partial charge in [0.15, 0.2) is 0 Å². The van der Waals surface area contributed by atoms with Gasteiger partial charge in [0.1, 0.15) is 5.72 Å². The Labute approximate surface area is 86.6 Å². The molecule has 2 heterocycles. The second kappa shape index (κ2) is 4.60. The van der Waals surface area contributed by atoms with E-state index >= 15 is 0 Å². The third-order valence-electron chi connectivity index (χ3n) is 3.26. The van der Waals surface area contributed by atoms with Crippen LogP contribution in [0.4, 0.5) is 0 Å². The Bertz CT molecular complexity index is 171. The third kappa shape index (κ3) is 2.27. The van der Waals surface area contributed by atoms with Crippen LogP contribution in [-0.2, 0) is 4.74 Å². The van der Waals surface area contributed by atoms with E-state index in [-0.39, 0.29) is 5.72 Å². The average molecular weight is 198 g/mol. The third-order valence-corrected chi connectivity index (χ3v) is 3.26. The first-order valence-electron chi connectivity index (χ1n) is 5.98. The smallest absolute Gasteiger partial charge is 0.132 e. The van der Waals surface area contributed by atoms with E-state index in [0.29, 0.717) is 6.10 Å². The van der Waals surface area contributed by atoms with Crippen molar-refractivity contribution in [2.45, 2.75) is 50.9 Å². The minimum atomic E-state index is -0.0314. The van der Waals surface area contributed by atoms with E-state index in [0.717, 1.165) is 19.6 Å². The molecule has 0 radical (unpaired) electrons. The first-order chi connectivity index (χ1) is 6.85. The second-order valence-electron chi connectivity index (χ2n) is 4.52. The molecule has 2 fully saturated rings. The number of hydrogen-bond acceptors (Lipinski definition) is 3. The van der Waals surface area contributed by atoms with Gasteiger partial charge in [-0.3, -0.25) is 5.32 Å². The Kier molecular flexibility index (Phi) is 3.42. The molecule has 0 saturated carbocycles. The highest BCUT2D eigenvalue weighted by Crippen LogP contribution is 2.26. The molecule has 0 aromatic heterocycles. The lowest BCUT2D eigenvalue weighted by atomic mass is 9.99. The quantitative estimate of drug-likeness (QED) is 0.700. The fraction of sp³-hybridized carbons (Fsp3) is 1.00. The van der Waals surface area contributed by atoms with Crippen LogP contribution in [0.2, 0.25) is 0 Å². The molecule has 1 spiro atoms. The molecule has 2 saturated heterocycles. The number of piperidine rings is 1. The van der Waals surface area contributed by atoms with Crippen LogP contribution in [0.5, 0.6) is 0 Å². The first-order valence-corrected chi connectivity index (χ1v) is 5.98. The van der Waals surface area contributed by atoms with Gasteiger partial charge in [-0.15, -0.1) is 0 Å². The molecule has 3 nitrogen and oxygen atoms in total. The van der Waals surface area contributed by atoms with Crippen LogP contribution in [0.3, 0.4) is 0 Å². The summed E-state index contributed by atoms with van der Waals surface area (Å²) in [7, 11) is 0. The van der Waals surface area contributed by atoms with E-state index in [1.54, 1.807) is 0 Å². The molecular formula is C11H22N2O. The van der Waals surface area contributed by atoms with Gasteiger partial charge in [0.05, 0.1) is 6.10 Å². The molecule has 0 amide bonds. The summed E-state index contributed by atoms with van der Waals surface area (Å²) >= 11 is 0. The van der Waals surface area contributed by atoms with Gasteiger partial charge in [-0.1, -0.05) is 13.3 Å². The van der Waals surface area contributed by atoms with E-state index in [9.17, 15) is 0 Å². The van der Waals surface area contributed by atoms with Crippen molar-refractivity contribution in [3.8, 4) is 0 Å². The van der Waals surface area contributed by atoms with E-state index in [1.807, 2.05) is 0 Å². The van der Waals surface area contributed by atoms with Crippen molar-refractivity contribution in [3.05, 3.63) is 0 Å². The van der Waals surface area contributed by atoms with Crippen molar-refractivity contribution in [2.24, 2.45) is 0 Å². The van der Waals surface area contributed by atoms with Crippen molar-refractivity contribution in [2.75, 3.05) is 19.6 Å². The number of hydrogen-bond donors (Lipinski definition) is 2. The fourth-order valence-corrected chi connectivity index (χ4v) is 2.53. The molecule has 2 N–H and O–H groups in total. The summed E-state index contributed by atoms with van der Waals surface area (Å²) in [6, 6.07) is 0. The van der Waals surface area contributed by atoms with Crippen molar-refractivity contribution in [1.29, 1.82) is 0 Å². The lowest BCUT2D eigenvalue weighted by molar-refractivity contribution is -0.153. The van der Waals surface area contributed by atoms with Crippen LogP contribution < -0.4 is 10.6 Å².